The van der Waals surface area contributed by atoms with Crippen LogP contribution in [0.15, 0.2) is 79.1 Å². The molecule has 0 unspecified atom stereocenters. The van der Waals surface area contributed by atoms with E-state index >= 15 is 0 Å². The molecule has 0 fully saturated rings. The highest BCUT2D eigenvalue weighted by Crippen LogP contribution is 2.27. The highest BCUT2D eigenvalue weighted by molar-refractivity contribution is 6.30. The lowest BCUT2D eigenvalue weighted by molar-refractivity contribution is 0.242. The SMILES string of the molecule is COc1nc2ccccc2cc1CN(Cc1cccnc1)Cc1cc2cc(C)ccc2nc1Cl. The van der Waals surface area contributed by atoms with Crippen molar-refractivity contribution in [1.82, 2.24) is 19.9 Å². The van der Waals surface area contributed by atoms with Crippen molar-refractivity contribution in [2.45, 2.75) is 26.6 Å². The topological polar surface area (TPSA) is 51.1 Å². The zero-order valence-electron chi connectivity index (χ0n) is 19.2. The first kappa shape index (κ1) is 22.3. The first-order chi connectivity index (χ1) is 16.6. The standard InChI is InChI=1S/C28H25ClN4O/c1-19-9-10-26-22(12-19)14-23(27(29)31-26)17-33(16-20-6-5-11-30-15-20)18-24-13-21-7-3-4-8-25(21)32-28(24)34-2/h3-15H,16-18H2,1-2H3. The number of fused-ring (bicyclic) bond motifs is 2. The number of rotatable bonds is 7. The molecule has 5 aromatic rings. The van der Waals surface area contributed by atoms with E-state index in [2.05, 4.69) is 58.2 Å². The molecule has 0 aliphatic rings. The summed E-state index contributed by atoms with van der Waals surface area (Å²) in [5.41, 5.74) is 6.14. The van der Waals surface area contributed by atoms with Crippen molar-refractivity contribution in [3.63, 3.8) is 0 Å². The Balaban J connectivity index is 1.52. The lowest BCUT2D eigenvalue weighted by Gasteiger charge is -2.24. The summed E-state index contributed by atoms with van der Waals surface area (Å²) >= 11 is 6.64. The molecule has 5 rings (SSSR count). The van der Waals surface area contributed by atoms with Crippen LogP contribution in [0.5, 0.6) is 5.88 Å². The number of ether oxygens (including phenoxy) is 1. The van der Waals surface area contributed by atoms with Gasteiger partial charge in [-0.15, -0.1) is 0 Å². The fraction of sp³-hybridized carbons (Fsp3) is 0.179. The molecule has 34 heavy (non-hydrogen) atoms. The molecule has 0 bridgehead atoms. The summed E-state index contributed by atoms with van der Waals surface area (Å²) in [6.07, 6.45) is 3.68. The van der Waals surface area contributed by atoms with Crippen LogP contribution < -0.4 is 4.74 Å². The molecule has 2 aromatic carbocycles. The number of hydrogen-bond donors (Lipinski definition) is 0. The van der Waals surface area contributed by atoms with Gasteiger partial charge in [-0.05, 0) is 48.9 Å². The molecule has 0 radical (unpaired) electrons. The van der Waals surface area contributed by atoms with E-state index in [-0.39, 0.29) is 0 Å². The molecule has 0 spiro atoms. The van der Waals surface area contributed by atoms with E-state index in [1.165, 1.54) is 5.56 Å². The van der Waals surface area contributed by atoms with Crippen LogP contribution in [0.1, 0.15) is 22.3 Å². The van der Waals surface area contributed by atoms with E-state index in [0.29, 0.717) is 30.7 Å². The van der Waals surface area contributed by atoms with Gasteiger partial charge >= 0.3 is 0 Å². The minimum atomic E-state index is 0.524. The van der Waals surface area contributed by atoms with Crippen molar-refractivity contribution < 1.29 is 4.74 Å². The van der Waals surface area contributed by atoms with E-state index in [9.17, 15) is 0 Å². The summed E-state index contributed by atoms with van der Waals surface area (Å²) in [7, 11) is 1.67. The number of hydrogen-bond acceptors (Lipinski definition) is 5. The Bertz CT molecular complexity index is 1460. The number of para-hydroxylation sites is 1. The fourth-order valence-corrected chi connectivity index (χ4v) is 4.46. The number of aromatic nitrogens is 3. The second-order valence-electron chi connectivity index (χ2n) is 8.49. The smallest absolute Gasteiger partial charge is 0.218 e. The molecule has 0 atom stereocenters. The molecule has 0 saturated heterocycles. The first-order valence-corrected chi connectivity index (χ1v) is 11.6. The number of benzene rings is 2. The predicted octanol–water partition coefficient (Wildman–Crippen LogP) is 6.35. The number of aryl methyl sites for hydroxylation is 1. The van der Waals surface area contributed by atoms with Gasteiger partial charge in [0.05, 0.1) is 18.1 Å². The molecule has 0 saturated carbocycles. The largest absolute Gasteiger partial charge is 0.481 e. The number of nitrogens with zero attached hydrogens (tertiary/aromatic N) is 4. The maximum absolute atomic E-state index is 6.64. The van der Waals surface area contributed by atoms with E-state index in [1.807, 2.05) is 36.5 Å². The zero-order valence-corrected chi connectivity index (χ0v) is 20.0. The third-order valence-corrected chi connectivity index (χ3v) is 6.20. The molecule has 0 amide bonds. The highest BCUT2D eigenvalue weighted by atomic mass is 35.5. The van der Waals surface area contributed by atoms with Gasteiger partial charge in [0, 0.05) is 53.9 Å². The van der Waals surface area contributed by atoms with Crippen molar-refractivity contribution in [1.29, 1.82) is 0 Å². The van der Waals surface area contributed by atoms with Crippen molar-refractivity contribution in [3.8, 4) is 5.88 Å². The third-order valence-electron chi connectivity index (χ3n) is 5.87. The molecular formula is C28H25ClN4O. The summed E-state index contributed by atoms with van der Waals surface area (Å²) in [5, 5.41) is 2.70. The lowest BCUT2D eigenvalue weighted by Crippen LogP contribution is -2.23. The maximum Gasteiger partial charge on any atom is 0.218 e. The second kappa shape index (κ2) is 9.75. The Kier molecular flexibility index (Phi) is 6.39. The highest BCUT2D eigenvalue weighted by Gasteiger charge is 2.16. The predicted molar refractivity (Wildman–Crippen MR) is 137 cm³/mol. The van der Waals surface area contributed by atoms with Crippen molar-refractivity contribution >= 4 is 33.4 Å². The van der Waals surface area contributed by atoms with Crippen molar-refractivity contribution in [2.75, 3.05) is 7.11 Å². The molecule has 5 nitrogen and oxygen atoms in total. The quantitative estimate of drug-likeness (QED) is 0.260. The maximum atomic E-state index is 6.64. The Hall–Kier alpha value is -3.54. The summed E-state index contributed by atoms with van der Waals surface area (Å²) in [5.74, 6) is 0.633. The van der Waals surface area contributed by atoms with Crippen LogP contribution in [0.2, 0.25) is 5.15 Å². The van der Waals surface area contributed by atoms with Gasteiger partial charge in [-0.3, -0.25) is 9.88 Å². The van der Waals surface area contributed by atoms with Crippen LogP contribution in [0.4, 0.5) is 0 Å². The van der Waals surface area contributed by atoms with Gasteiger partial charge in [-0.25, -0.2) is 9.97 Å². The molecule has 3 heterocycles. The van der Waals surface area contributed by atoms with Gasteiger partial charge in [0.15, 0.2) is 0 Å². The number of pyridine rings is 3. The van der Waals surface area contributed by atoms with Crippen molar-refractivity contribution in [3.05, 3.63) is 107 Å². The van der Waals surface area contributed by atoms with E-state index in [4.69, 9.17) is 21.3 Å². The minimum Gasteiger partial charge on any atom is -0.481 e. The molecule has 0 aliphatic carbocycles. The fourth-order valence-electron chi connectivity index (χ4n) is 4.26. The summed E-state index contributed by atoms with van der Waals surface area (Å²) < 4.78 is 5.66. The van der Waals surface area contributed by atoms with E-state index in [1.54, 1.807) is 13.3 Å². The summed E-state index contributed by atoms with van der Waals surface area (Å²) in [4.78, 5) is 16.0. The number of halogens is 1. The Labute approximate surface area is 204 Å². The van der Waals surface area contributed by atoms with Gasteiger partial charge < -0.3 is 4.74 Å². The van der Waals surface area contributed by atoms with E-state index in [0.717, 1.165) is 38.5 Å². The van der Waals surface area contributed by atoms with Crippen LogP contribution >= 0.6 is 11.6 Å². The Morgan fingerprint density at radius 3 is 2.44 bits per heavy atom. The Morgan fingerprint density at radius 2 is 1.62 bits per heavy atom. The average Bonchev–Trinajstić information content (AvgIpc) is 2.85. The van der Waals surface area contributed by atoms with Crippen LogP contribution in [-0.2, 0) is 19.6 Å². The number of methoxy groups -OCH3 is 1. The average molecular weight is 469 g/mol. The van der Waals surface area contributed by atoms with Gasteiger partial charge in [-0.1, -0.05) is 47.5 Å². The monoisotopic (exact) mass is 468 g/mol. The summed E-state index contributed by atoms with van der Waals surface area (Å²) in [6.45, 7) is 4.05. The molecule has 3 aromatic heterocycles. The Morgan fingerprint density at radius 1 is 0.824 bits per heavy atom. The normalized spacial score (nSPS) is 11.4. The van der Waals surface area contributed by atoms with Crippen molar-refractivity contribution in [2.24, 2.45) is 0 Å². The van der Waals surface area contributed by atoms with Crippen LogP contribution in [0.25, 0.3) is 21.8 Å². The van der Waals surface area contributed by atoms with Crippen LogP contribution in [0, 0.1) is 6.92 Å². The van der Waals surface area contributed by atoms with Gasteiger partial charge in [0.1, 0.15) is 5.15 Å². The van der Waals surface area contributed by atoms with Crippen LogP contribution in [0.3, 0.4) is 0 Å². The summed E-state index contributed by atoms with van der Waals surface area (Å²) in [6, 6.07) is 22.6. The lowest BCUT2D eigenvalue weighted by atomic mass is 10.1. The molecule has 6 heteroatoms. The van der Waals surface area contributed by atoms with Crippen LogP contribution in [-0.4, -0.2) is 27.0 Å². The third kappa shape index (κ3) is 4.86. The molecular weight excluding hydrogens is 444 g/mol. The van der Waals surface area contributed by atoms with Gasteiger partial charge in [-0.2, -0.15) is 0 Å². The van der Waals surface area contributed by atoms with E-state index < -0.39 is 0 Å². The molecule has 0 aliphatic heterocycles. The molecule has 170 valence electrons. The second-order valence-corrected chi connectivity index (χ2v) is 8.85. The van der Waals surface area contributed by atoms with Gasteiger partial charge in [0.25, 0.3) is 0 Å². The zero-order chi connectivity index (χ0) is 23.5. The first-order valence-electron chi connectivity index (χ1n) is 11.2. The minimum absolute atomic E-state index is 0.524. The van der Waals surface area contributed by atoms with Gasteiger partial charge in [0.2, 0.25) is 5.88 Å². The molecule has 0 N–H and O–H groups in total.